The summed E-state index contributed by atoms with van der Waals surface area (Å²) in [6, 6.07) is 11.3. The minimum Gasteiger partial charge on any atom is -0.301 e. The van der Waals surface area contributed by atoms with Crippen molar-refractivity contribution in [3.8, 4) is 5.00 Å². The number of hydrogen-bond donors (Lipinski definition) is 0. The molecule has 90 valence electrons. The number of aromatic nitrogens is 2. The van der Waals surface area contributed by atoms with Crippen LogP contribution in [0.2, 0.25) is 0 Å². The molecular weight excluding hydrogens is 248 g/mol. The summed E-state index contributed by atoms with van der Waals surface area (Å²) in [6.07, 6.45) is 0.743. The van der Waals surface area contributed by atoms with E-state index in [0.717, 1.165) is 22.3 Å². The zero-order chi connectivity index (χ0) is 12.5. The van der Waals surface area contributed by atoms with Crippen LogP contribution in [0.4, 0.5) is 0 Å². The molecular formula is C13H10N2O2S. The van der Waals surface area contributed by atoms with Crippen LogP contribution in [-0.2, 0) is 11.3 Å². The molecule has 1 aromatic carbocycles. The molecule has 2 aromatic heterocycles. The Kier molecular flexibility index (Phi) is 2.60. The predicted octanol–water partition coefficient (Wildman–Crippen LogP) is 2.05. The Balaban J connectivity index is 2.42. The van der Waals surface area contributed by atoms with E-state index in [4.69, 9.17) is 0 Å². The smallest absolute Gasteiger partial charge is 0.301 e. The Bertz CT molecular complexity index is 753. The second-order valence-corrected chi connectivity index (χ2v) is 4.76. The van der Waals surface area contributed by atoms with Gasteiger partial charge >= 0.3 is 5.69 Å². The van der Waals surface area contributed by atoms with E-state index in [0.29, 0.717) is 0 Å². The Morgan fingerprint density at radius 2 is 1.89 bits per heavy atom. The number of rotatable bonds is 3. The third kappa shape index (κ3) is 1.52. The van der Waals surface area contributed by atoms with E-state index in [1.807, 2.05) is 41.8 Å². The summed E-state index contributed by atoms with van der Waals surface area (Å²) in [5, 5.41) is 2.79. The molecule has 3 rings (SSSR count). The number of imidazole rings is 1. The number of fused-ring (bicyclic) bond motifs is 1. The third-order valence-corrected chi connectivity index (χ3v) is 3.67. The molecule has 0 fully saturated rings. The van der Waals surface area contributed by atoms with Gasteiger partial charge in [-0.15, -0.1) is 11.3 Å². The molecule has 0 saturated heterocycles. The van der Waals surface area contributed by atoms with Crippen LogP contribution >= 0.6 is 11.3 Å². The van der Waals surface area contributed by atoms with E-state index in [1.165, 1.54) is 15.9 Å². The van der Waals surface area contributed by atoms with Crippen LogP contribution < -0.4 is 5.69 Å². The van der Waals surface area contributed by atoms with Crippen molar-refractivity contribution in [2.24, 2.45) is 0 Å². The van der Waals surface area contributed by atoms with Crippen molar-refractivity contribution in [1.29, 1.82) is 0 Å². The Labute approximate surface area is 107 Å². The Morgan fingerprint density at radius 1 is 1.11 bits per heavy atom. The van der Waals surface area contributed by atoms with Gasteiger partial charge in [0.25, 0.3) is 0 Å². The van der Waals surface area contributed by atoms with Crippen molar-refractivity contribution in [3.63, 3.8) is 0 Å². The largest absolute Gasteiger partial charge is 0.334 e. The van der Waals surface area contributed by atoms with E-state index in [1.54, 1.807) is 4.57 Å². The van der Waals surface area contributed by atoms with Gasteiger partial charge in [0.1, 0.15) is 11.3 Å². The second kappa shape index (κ2) is 4.27. The highest BCUT2D eigenvalue weighted by atomic mass is 32.1. The summed E-state index contributed by atoms with van der Waals surface area (Å²) < 4.78 is 3.13. The SMILES string of the molecule is O=CCn1c(=O)n(-c2cccs2)c2ccccc21. The maximum Gasteiger partial charge on any atom is 0.334 e. The third-order valence-electron chi connectivity index (χ3n) is 2.82. The van der Waals surface area contributed by atoms with Gasteiger partial charge in [0, 0.05) is 0 Å². The summed E-state index contributed by atoms with van der Waals surface area (Å²) in [5.41, 5.74) is 1.43. The number of aldehydes is 1. The highest BCUT2D eigenvalue weighted by Gasteiger charge is 2.13. The number of thiophene rings is 1. The van der Waals surface area contributed by atoms with Gasteiger partial charge in [-0.25, -0.2) is 4.79 Å². The van der Waals surface area contributed by atoms with Crippen LogP contribution in [0.1, 0.15) is 0 Å². The monoisotopic (exact) mass is 258 g/mol. The van der Waals surface area contributed by atoms with Crippen molar-refractivity contribution in [2.75, 3.05) is 0 Å². The summed E-state index contributed by atoms with van der Waals surface area (Å²) >= 11 is 1.50. The first-order valence-corrected chi connectivity index (χ1v) is 6.38. The molecule has 0 amide bonds. The average molecular weight is 258 g/mol. The molecule has 2 heterocycles. The fourth-order valence-corrected chi connectivity index (χ4v) is 2.80. The van der Waals surface area contributed by atoms with Gasteiger partial charge in [-0.05, 0) is 29.6 Å². The summed E-state index contributed by atoms with van der Waals surface area (Å²) in [4.78, 5) is 23.0. The van der Waals surface area contributed by atoms with Crippen molar-refractivity contribution >= 4 is 28.7 Å². The van der Waals surface area contributed by atoms with Gasteiger partial charge in [0.15, 0.2) is 0 Å². The van der Waals surface area contributed by atoms with E-state index in [2.05, 4.69) is 0 Å². The molecule has 0 bridgehead atoms. The number of para-hydroxylation sites is 2. The first-order chi connectivity index (χ1) is 8.83. The van der Waals surface area contributed by atoms with E-state index in [9.17, 15) is 9.59 Å². The molecule has 0 aliphatic rings. The lowest BCUT2D eigenvalue weighted by Gasteiger charge is -1.97. The van der Waals surface area contributed by atoms with Gasteiger partial charge in [0.2, 0.25) is 0 Å². The lowest BCUT2D eigenvalue weighted by atomic mass is 10.3. The van der Waals surface area contributed by atoms with E-state index < -0.39 is 0 Å². The minimum atomic E-state index is -0.175. The van der Waals surface area contributed by atoms with E-state index >= 15 is 0 Å². The van der Waals surface area contributed by atoms with Gasteiger partial charge in [-0.2, -0.15) is 0 Å². The molecule has 0 unspecified atom stereocenters. The minimum absolute atomic E-state index is 0.0811. The average Bonchev–Trinajstić information content (AvgIpc) is 2.98. The molecule has 0 aliphatic heterocycles. The maximum absolute atomic E-state index is 12.4. The normalized spacial score (nSPS) is 10.9. The molecule has 0 radical (unpaired) electrons. The molecule has 0 saturated carbocycles. The summed E-state index contributed by atoms with van der Waals surface area (Å²) in [6.45, 7) is 0.0811. The van der Waals surface area contributed by atoms with Gasteiger partial charge in [-0.1, -0.05) is 12.1 Å². The lowest BCUT2D eigenvalue weighted by molar-refractivity contribution is -0.108. The zero-order valence-electron chi connectivity index (χ0n) is 9.45. The highest BCUT2D eigenvalue weighted by Crippen LogP contribution is 2.20. The second-order valence-electron chi connectivity index (χ2n) is 3.84. The zero-order valence-corrected chi connectivity index (χ0v) is 10.3. The fraction of sp³-hybridized carbons (Fsp3) is 0.0769. The standard InChI is InChI=1S/C13H10N2O2S/c16-8-7-14-10-4-1-2-5-11(10)15(13(14)17)12-6-3-9-18-12/h1-6,8-9H,7H2. The number of carbonyl (C=O) groups is 1. The quantitative estimate of drug-likeness (QED) is 0.675. The molecule has 5 heteroatoms. The van der Waals surface area contributed by atoms with Crippen LogP contribution in [-0.4, -0.2) is 15.4 Å². The van der Waals surface area contributed by atoms with Crippen molar-refractivity contribution in [3.05, 3.63) is 52.3 Å². The van der Waals surface area contributed by atoms with Crippen LogP contribution in [0, 0.1) is 0 Å². The summed E-state index contributed by atoms with van der Waals surface area (Å²) in [5.74, 6) is 0. The first kappa shape index (κ1) is 11.0. The van der Waals surface area contributed by atoms with Crippen LogP contribution in [0.15, 0.2) is 46.6 Å². The number of benzene rings is 1. The van der Waals surface area contributed by atoms with Gasteiger partial charge < -0.3 is 4.79 Å². The number of hydrogen-bond acceptors (Lipinski definition) is 3. The predicted molar refractivity (Wildman–Crippen MR) is 71.5 cm³/mol. The fourth-order valence-electron chi connectivity index (χ4n) is 2.07. The van der Waals surface area contributed by atoms with Crippen LogP contribution in [0.3, 0.4) is 0 Å². The topological polar surface area (TPSA) is 44.0 Å². The van der Waals surface area contributed by atoms with Gasteiger partial charge in [0.05, 0.1) is 17.6 Å². The van der Waals surface area contributed by atoms with Crippen molar-refractivity contribution in [2.45, 2.75) is 6.54 Å². The molecule has 0 spiro atoms. The molecule has 0 atom stereocenters. The Morgan fingerprint density at radius 3 is 2.56 bits per heavy atom. The van der Waals surface area contributed by atoms with Crippen molar-refractivity contribution in [1.82, 2.24) is 9.13 Å². The van der Waals surface area contributed by atoms with Crippen molar-refractivity contribution < 1.29 is 4.79 Å². The summed E-state index contributed by atoms with van der Waals surface area (Å²) in [7, 11) is 0. The lowest BCUT2D eigenvalue weighted by Crippen LogP contribution is -2.23. The van der Waals surface area contributed by atoms with E-state index in [-0.39, 0.29) is 12.2 Å². The van der Waals surface area contributed by atoms with Crippen LogP contribution in [0.5, 0.6) is 0 Å². The van der Waals surface area contributed by atoms with Gasteiger partial charge in [-0.3, -0.25) is 9.13 Å². The maximum atomic E-state index is 12.4. The molecule has 4 nitrogen and oxygen atoms in total. The van der Waals surface area contributed by atoms with Crippen LogP contribution in [0.25, 0.3) is 16.0 Å². The molecule has 0 aliphatic carbocycles. The molecule has 18 heavy (non-hydrogen) atoms. The number of carbonyl (C=O) groups excluding carboxylic acids is 1. The number of nitrogens with zero attached hydrogens (tertiary/aromatic N) is 2. The molecule has 0 N–H and O–H groups in total. The Hall–Kier alpha value is -2.14. The molecule has 3 aromatic rings. The first-order valence-electron chi connectivity index (χ1n) is 5.50. The highest BCUT2D eigenvalue weighted by molar-refractivity contribution is 7.12.